The summed E-state index contributed by atoms with van der Waals surface area (Å²) in [6.45, 7) is 7.31. The van der Waals surface area contributed by atoms with E-state index in [9.17, 15) is 18.4 Å². The number of nitrogens with two attached hydrogens (primary N) is 1. The summed E-state index contributed by atoms with van der Waals surface area (Å²) in [5.41, 5.74) is 5.47. The van der Waals surface area contributed by atoms with Crippen LogP contribution in [0.3, 0.4) is 0 Å². The number of ether oxygens (including phenoxy) is 1. The number of piperazine rings is 1. The number of urea groups is 1. The predicted molar refractivity (Wildman–Crippen MR) is 140 cm³/mol. The van der Waals surface area contributed by atoms with Gasteiger partial charge in [-0.3, -0.25) is 10.1 Å². The average Bonchev–Trinajstić information content (AvgIpc) is 3.25. The van der Waals surface area contributed by atoms with E-state index in [4.69, 9.17) is 10.5 Å². The van der Waals surface area contributed by atoms with E-state index in [1.54, 1.807) is 0 Å². The van der Waals surface area contributed by atoms with Crippen molar-refractivity contribution < 1.29 is 23.1 Å². The van der Waals surface area contributed by atoms with Crippen LogP contribution >= 0.6 is 11.5 Å². The molecule has 1 fully saturated rings. The largest absolute Gasteiger partial charge is 0.471 e. The quantitative estimate of drug-likeness (QED) is 0.335. The van der Waals surface area contributed by atoms with Crippen LogP contribution in [-0.4, -0.2) is 72.4 Å². The fourth-order valence-corrected chi connectivity index (χ4v) is 4.77. The fourth-order valence-electron chi connectivity index (χ4n) is 4.03. The molecular formula is C25H36F2N6O3S. The second kappa shape index (κ2) is 14.2. The number of halogens is 2. The molecule has 0 aliphatic carbocycles. The number of carbonyl (C=O) groups is 2. The molecule has 1 saturated heterocycles. The second-order valence-electron chi connectivity index (χ2n) is 9.33. The number of rotatable bonds is 13. The van der Waals surface area contributed by atoms with Gasteiger partial charge in [-0.05, 0) is 62.6 Å². The van der Waals surface area contributed by atoms with E-state index in [0.717, 1.165) is 75.7 Å². The van der Waals surface area contributed by atoms with Crippen molar-refractivity contribution in [2.75, 3.05) is 51.6 Å². The van der Waals surface area contributed by atoms with Gasteiger partial charge in [0.2, 0.25) is 5.88 Å². The lowest BCUT2D eigenvalue weighted by Crippen LogP contribution is -2.44. The van der Waals surface area contributed by atoms with E-state index in [1.807, 2.05) is 0 Å². The molecule has 3 rings (SSSR count). The van der Waals surface area contributed by atoms with Crippen LogP contribution in [-0.2, 0) is 6.61 Å². The standard InChI is InChI=1S/C25H36F2N6O3S/c1-17-14-20(27)18(15-19(17)26)16-36-23-21(22(28)34)24(37-31-23)30-25(35)29-8-6-4-3-5-7-9-33-12-10-32(2)11-13-33/h14-15H,3-13,16H2,1-2H3,(H2,28,34)(H2,29,30,35). The second-order valence-corrected chi connectivity index (χ2v) is 10.1. The SMILES string of the molecule is Cc1cc(F)c(COc2nsc(NC(=O)NCCCCCCCN3CCN(C)CC3)c2C(N)=O)cc1F. The lowest BCUT2D eigenvalue weighted by Gasteiger charge is -2.32. The summed E-state index contributed by atoms with van der Waals surface area (Å²) in [5, 5.41) is 5.46. The number of nitrogens with one attached hydrogen (secondary N) is 2. The first-order chi connectivity index (χ1) is 17.7. The van der Waals surface area contributed by atoms with Crippen LogP contribution in [0.4, 0.5) is 18.6 Å². The number of aromatic nitrogens is 1. The summed E-state index contributed by atoms with van der Waals surface area (Å²) in [4.78, 5) is 29.1. The highest BCUT2D eigenvalue weighted by atomic mass is 32.1. The molecule has 2 heterocycles. The maximum absolute atomic E-state index is 14.1. The van der Waals surface area contributed by atoms with Crippen molar-refractivity contribution in [3.63, 3.8) is 0 Å². The minimum Gasteiger partial charge on any atom is -0.471 e. The molecule has 37 heavy (non-hydrogen) atoms. The average molecular weight is 539 g/mol. The van der Waals surface area contributed by atoms with Gasteiger partial charge in [0.1, 0.15) is 28.8 Å². The number of benzene rings is 1. The van der Waals surface area contributed by atoms with Gasteiger partial charge in [0.25, 0.3) is 5.91 Å². The molecule has 1 aliphatic heterocycles. The Morgan fingerprint density at radius 1 is 1.08 bits per heavy atom. The van der Waals surface area contributed by atoms with Crippen LogP contribution in [0.5, 0.6) is 5.88 Å². The Morgan fingerprint density at radius 3 is 2.51 bits per heavy atom. The highest BCUT2D eigenvalue weighted by Crippen LogP contribution is 2.31. The normalized spacial score (nSPS) is 14.5. The monoisotopic (exact) mass is 538 g/mol. The molecule has 1 aromatic carbocycles. The van der Waals surface area contributed by atoms with Crippen molar-refractivity contribution in [2.45, 2.75) is 45.6 Å². The third-order valence-corrected chi connectivity index (χ3v) is 7.10. The van der Waals surface area contributed by atoms with Gasteiger partial charge in [-0.25, -0.2) is 13.6 Å². The van der Waals surface area contributed by atoms with E-state index in [-0.39, 0.29) is 34.2 Å². The molecule has 0 saturated carbocycles. The number of amides is 3. The zero-order valence-electron chi connectivity index (χ0n) is 21.4. The van der Waals surface area contributed by atoms with E-state index < -0.39 is 23.6 Å². The third-order valence-electron chi connectivity index (χ3n) is 6.36. The topological polar surface area (TPSA) is 113 Å². The first kappa shape index (κ1) is 28.7. The smallest absolute Gasteiger partial charge is 0.319 e. The zero-order valence-corrected chi connectivity index (χ0v) is 22.3. The molecule has 0 radical (unpaired) electrons. The molecule has 0 spiro atoms. The van der Waals surface area contributed by atoms with Gasteiger partial charge in [-0.15, -0.1) is 0 Å². The number of unbranched alkanes of at least 4 members (excludes halogenated alkanes) is 4. The Hall–Kier alpha value is -2.83. The molecule has 9 nitrogen and oxygen atoms in total. The Labute approximate surface area is 220 Å². The highest BCUT2D eigenvalue weighted by molar-refractivity contribution is 7.11. The van der Waals surface area contributed by atoms with Crippen molar-refractivity contribution in [1.82, 2.24) is 19.5 Å². The van der Waals surface area contributed by atoms with E-state index in [2.05, 4.69) is 31.9 Å². The molecule has 1 aromatic heterocycles. The molecule has 0 bridgehead atoms. The van der Waals surface area contributed by atoms with E-state index in [1.165, 1.54) is 19.8 Å². The summed E-state index contributed by atoms with van der Waals surface area (Å²) in [5.74, 6) is -2.21. The molecule has 0 atom stereocenters. The minimum atomic E-state index is -0.855. The van der Waals surface area contributed by atoms with Crippen LogP contribution in [0.1, 0.15) is 53.6 Å². The van der Waals surface area contributed by atoms with Crippen LogP contribution in [0, 0.1) is 18.6 Å². The number of aryl methyl sites for hydroxylation is 1. The van der Waals surface area contributed by atoms with Gasteiger partial charge in [-0.1, -0.05) is 19.3 Å². The van der Waals surface area contributed by atoms with Crippen LogP contribution in [0.15, 0.2) is 12.1 Å². The third kappa shape index (κ3) is 8.90. The number of nitrogens with zero attached hydrogens (tertiary/aromatic N) is 3. The molecular weight excluding hydrogens is 502 g/mol. The Balaban J connectivity index is 1.36. The summed E-state index contributed by atoms with van der Waals surface area (Å²) in [6.07, 6.45) is 5.34. The van der Waals surface area contributed by atoms with Gasteiger partial charge >= 0.3 is 6.03 Å². The summed E-state index contributed by atoms with van der Waals surface area (Å²) >= 11 is 0.820. The number of anilines is 1. The predicted octanol–water partition coefficient (Wildman–Crippen LogP) is 3.73. The van der Waals surface area contributed by atoms with Gasteiger partial charge < -0.3 is 25.6 Å². The zero-order chi connectivity index (χ0) is 26.8. The summed E-state index contributed by atoms with van der Waals surface area (Å²) < 4.78 is 37.3. The lowest BCUT2D eigenvalue weighted by atomic mass is 10.1. The van der Waals surface area contributed by atoms with E-state index >= 15 is 0 Å². The minimum absolute atomic E-state index is 0.0295. The first-order valence-corrected chi connectivity index (χ1v) is 13.3. The number of likely N-dealkylation sites (N-methyl/N-ethyl adjacent to an activating group) is 1. The molecule has 4 N–H and O–H groups in total. The molecule has 204 valence electrons. The molecule has 2 aromatic rings. The summed E-state index contributed by atoms with van der Waals surface area (Å²) in [7, 11) is 2.16. The van der Waals surface area contributed by atoms with Crippen molar-refractivity contribution in [3.8, 4) is 5.88 Å². The fraction of sp³-hybridized carbons (Fsp3) is 0.560. The van der Waals surface area contributed by atoms with E-state index in [0.29, 0.717) is 6.54 Å². The van der Waals surface area contributed by atoms with Gasteiger partial charge in [0, 0.05) is 38.3 Å². The summed E-state index contributed by atoms with van der Waals surface area (Å²) in [6, 6.07) is 1.61. The molecule has 0 unspecified atom stereocenters. The molecule has 12 heteroatoms. The molecule has 1 aliphatic rings. The van der Waals surface area contributed by atoms with Crippen molar-refractivity contribution >= 4 is 28.5 Å². The number of hydrogen-bond acceptors (Lipinski definition) is 7. The Morgan fingerprint density at radius 2 is 1.78 bits per heavy atom. The van der Waals surface area contributed by atoms with Gasteiger partial charge in [-0.2, -0.15) is 4.37 Å². The first-order valence-electron chi connectivity index (χ1n) is 12.6. The van der Waals surface area contributed by atoms with Crippen LogP contribution in [0.2, 0.25) is 0 Å². The van der Waals surface area contributed by atoms with Crippen LogP contribution < -0.4 is 21.1 Å². The van der Waals surface area contributed by atoms with Crippen molar-refractivity contribution in [1.29, 1.82) is 0 Å². The number of primary amides is 1. The van der Waals surface area contributed by atoms with Gasteiger partial charge in [0.05, 0.1) is 0 Å². The Kier molecular flexibility index (Phi) is 11.0. The molecule has 3 amide bonds. The maximum atomic E-state index is 14.1. The van der Waals surface area contributed by atoms with Gasteiger partial charge in [0.15, 0.2) is 0 Å². The number of hydrogen-bond donors (Lipinski definition) is 3. The number of carbonyl (C=O) groups excluding carboxylic acids is 2. The Bertz CT molecular complexity index is 1060. The highest BCUT2D eigenvalue weighted by Gasteiger charge is 2.22. The van der Waals surface area contributed by atoms with Crippen molar-refractivity contribution in [3.05, 3.63) is 40.5 Å². The lowest BCUT2D eigenvalue weighted by molar-refractivity contribution is 0.0996. The maximum Gasteiger partial charge on any atom is 0.319 e. The van der Waals surface area contributed by atoms with Crippen LogP contribution in [0.25, 0.3) is 0 Å². The van der Waals surface area contributed by atoms with Crippen molar-refractivity contribution in [2.24, 2.45) is 5.73 Å².